The summed E-state index contributed by atoms with van der Waals surface area (Å²) in [6, 6.07) is 19.7. The topological polar surface area (TPSA) is 15.3 Å². The van der Waals surface area contributed by atoms with Gasteiger partial charge < -0.3 is 10.2 Å². The first-order chi connectivity index (χ1) is 9.42. The average molecular weight is 289 g/mol. The van der Waals surface area contributed by atoms with Crippen LogP contribution in [0.25, 0.3) is 0 Å². The van der Waals surface area contributed by atoms with Crippen molar-refractivity contribution in [1.82, 2.24) is 5.32 Å². The molecule has 0 aromatic heterocycles. The van der Waals surface area contributed by atoms with Gasteiger partial charge in [0.05, 0.1) is 0 Å². The number of hydrogen-bond acceptors (Lipinski definition) is 2. The van der Waals surface area contributed by atoms with E-state index < -0.39 is 0 Å². The molecular weight excluding hydrogens is 268 g/mol. The van der Waals surface area contributed by atoms with Gasteiger partial charge in [-0.2, -0.15) is 0 Å². The zero-order valence-electron chi connectivity index (χ0n) is 11.6. The summed E-state index contributed by atoms with van der Waals surface area (Å²) in [5.74, 6) is 0. The molecule has 0 bridgehead atoms. The van der Waals surface area contributed by atoms with Gasteiger partial charge in [0.1, 0.15) is 0 Å². The Balaban J connectivity index is 0.00000147. The summed E-state index contributed by atoms with van der Waals surface area (Å²) in [7, 11) is 0. The van der Waals surface area contributed by atoms with E-state index in [0.29, 0.717) is 0 Å². The van der Waals surface area contributed by atoms with E-state index in [4.69, 9.17) is 0 Å². The summed E-state index contributed by atoms with van der Waals surface area (Å²) in [5.41, 5.74) is 4.10. The van der Waals surface area contributed by atoms with Crippen LogP contribution in [0.5, 0.6) is 0 Å². The number of nitrogens with one attached hydrogen (secondary N) is 1. The summed E-state index contributed by atoms with van der Waals surface area (Å²) in [6.45, 7) is 4.40. The predicted octanol–water partition coefficient (Wildman–Crippen LogP) is 3.11. The van der Waals surface area contributed by atoms with Crippen LogP contribution in [0.2, 0.25) is 0 Å². The van der Waals surface area contributed by atoms with Crippen LogP contribution < -0.4 is 10.2 Å². The Bertz CT molecular complexity index is 504. The Labute approximate surface area is 127 Å². The molecule has 1 fully saturated rings. The third-order valence-corrected chi connectivity index (χ3v) is 3.67. The molecule has 0 aliphatic carbocycles. The predicted molar refractivity (Wildman–Crippen MR) is 88.0 cm³/mol. The van der Waals surface area contributed by atoms with Gasteiger partial charge in [-0.3, -0.25) is 0 Å². The summed E-state index contributed by atoms with van der Waals surface area (Å²) in [5, 5.41) is 3.39. The molecule has 0 atom stereocenters. The highest BCUT2D eigenvalue weighted by molar-refractivity contribution is 5.85. The van der Waals surface area contributed by atoms with Crippen molar-refractivity contribution in [3.05, 3.63) is 65.7 Å². The molecule has 0 amide bonds. The second kappa shape index (κ2) is 7.32. The van der Waals surface area contributed by atoms with E-state index >= 15 is 0 Å². The van der Waals surface area contributed by atoms with Crippen LogP contribution in [0.1, 0.15) is 11.1 Å². The number of halogens is 1. The zero-order valence-corrected chi connectivity index (χ0v) is 12.4. The molecule has 3 rings (SSSR count). The second-order valence-corrected chi connectivity index (χ2v) is 5.07. The van der Waals surface area contributed by atoms with E-state index in [9.17, 15) is 0 Å². The first kappa shape index (κ1) is 14.9. The highest BCUT2D eigenvalue weighted by Gasteiger charge is 2.09. The fourth-order valence-corrected chi connectivity index (χ4v) is 2.58. The van der Waals surface area contributed by atoms with Crippen molar-refractivity contribution in [2.75, 3.05) is 31.1 Å². The second-order valence-electron chi connectivity index (χ2n) is 5.07. The van der Waals surface area contributed by atoms with Crippen molar-refractivity contribution >= 4 is 18.1 Å². The lowest BCUT2D eigenvalue weighted by molar-refractivity contribution is 0.589. The number of benzene rings is 2. The molecule has 1 aliphatic rings. The molecule has 20 heavy (non-hydrogen) atoms. The van der Waals surface area contributed by atoms with Gasteiger partial charge in [0, 0.05) is 31.9 Å². The lowest BCUT2D eigenvalue weighted by Gasteiger charge is -2.29. The minimum absolute atomic E-state index is 0. The van der Waals surface area contributed by atoms with E-state index in [2.05, 4.69) is 64.8 Å². The van der Waals surface area contributed by atoms with Crippen molar-refractivity contribution in [2.45, 2.75) is 6.42 Å². The molecule has 106 valence electrons. The SMILES string of the molecule is Cl.c1ccc(Cc2ccc(N3CCNCC3)cc2)cc1. The van der Waals surface area contributed by atoms with Gasteiger partial charge in [0.25, 0.3) is 0 Å². The fourth-order valence-electron chi connectivity index (χ4n) is 2.58. The number of nitrogens with zero attached hydrogens (tertiary/aromatic N) is 1. The summed E-state index contributed by atoms with van der Waals surface area (Å²) >= 11 is 0. The molecule has 1 saturated heterocycles. The first-order valence-corrected chi connectivity index (χ1v) is 7.00. The van der Waals surface area contributed by atoms with Gasteiger partial charge in [-0.25, -0.2) is 0 Å². The van der Waals surface area contributed by atoms with Crippen LogP contribution in [0.3, 0.4) is 0 Å². The lowest BCUT2D eigenvalue weighted by Crippen LogP contribution is -2.43. The van der Waals surface area contributed by atoms with Crippen molar-refractivity contribution in [3.8, 4) is 0 Å². The summed E-state index contributed by atoms with van der Waals surface area (Å²) < 4.78 is 0. The standard InChI is InChI=1S/C17H20N2.ClH/c1-2-4-15(5-3-1)14-16-6-8-17(9-7-16)19-12-10-18-11-13-19;/h1-9,18H,10-14H2;1H. The zero-order chi connectivity index (χ0) is 12.9. The van der Waals surface area contributed by atoms with Crippen LogP contribution in [-0.2, 0) is 6.42 Å². The number of piperazine rings is 1. The van der Waals surface area contributed by atoms with Crippen molar-refractivity contribution < 1.29 is 0 Å². The minimum Gasteiger partial charge on any atom is -0.369 e. The number of rotatable bonds is 3. The Morgan fingerprint density at radius 2 is 1.40 bits per heavy atom. The van der Waals surface area contributed by atoms with Gasteiger partial charge in [0.2, 0.25) is 0 Å². The van der Waals surface area contributed by atoms with E-state index in [1.54, 1.807) is 0 Å². The summed E-state index contributed by atoms with van der Waals surface area (Å²) in [4.78, 5) is 2.45. The number of anilines is 1. The molecule has 3 heteroatoms. The first-order valence-electron chi connectivity index (χ1n) is 7.00. The molecular formula is C17H21ClN2. The molecule has 2 nitrogen and oxygen atoms in total. The largest absolute Gasteiger partial charge is 0.369 e. The molecule has 1 N–H and O–H groups in total. The fraction of sp³-hybridized carbons (Fsp3) is 0.294. The molecule has 0 unspecified atom stereocenters. The van der Waals surface area contributed by atoms with Crippen molar-refractivity contribution in [1.29, 1.82) is 0 Å². The van der Waals surface area contributed by atoms with Crippen LogP contribution in [-0.4, -0.2) is 26.2 Å². The van der Waals surface area contributed by atoms with Gasteiger partial charge in [-0.15, -0.1) is 12.4 Å². The molecule has 2 aromatic rings. The summed E-state index contributed by atoms with van der Waals surface area (Å²) in [6.07, 6.45) is 1.02. The van der Waals surface area contributed by atoms with Crippen LogP contribution in [0.4, 0.5) is 5.69 Å². The minimum atomic E-state index is 0. The van der Waals surface area contributed by atoms with Crippen LogP contribution in [0.15, 0.2) is 54.6 Å². The van der Waals surface area contributed by atoms with E-state index in [1.807, 2.05) is 0 Å². The Morgan fingerprint density at radius 3 is 2.05 bits per heavy atom. The molecule has 0 spiro atoms. The van der Waals surface area contributed by atoms with Crippen molar-refractivity contribution in [3.63, 3.8) is 0 Å². The molecule has 1 heterocycles. The van der Waals surface area contributed by atoms with Gasteiger partial charge in [0.15, 0.2) is 0 Å². The Morgan fingerprint density at radius 1 is 0.800 bits per heavy atom. The quantitative estimate of drug-likeness (QED) is 0.934. The maximum absolute atomic E-state index is 3.39. The van der Waals surface area contributed by atoms with Gasteiger partial charge in [-0.1, -0.05) is 42.5 Å². The molecule has 0 saturated carbocycles. The molecule has 2 aromatic carbocycles. The van der Waals surface area contributed by atoms with E-state index in [1.165, 1.54) is 16.8 Å². The van der Waals surface area contributed by atoms with Crippen LogP contribution in [0, 0.1) is 0 Å². The third-order valence-electron chi connectivity index (χ3n) is 3.67. The lowest BCUT2D eigenvalue weighted by atomic mass is 10.0. The maximum Gasteiger partial charge on any atom is 0.0367 e. The maximum atomic E-state index is 3.39. The third kappa shape index (κ3) is 3.75. The van der Waals surface area contributed by atoms with Gasteiger partial charge in [-0.05, 0) is 29.7 Å². The van der Waals surface area contributed by atoms with Crippen molar-refractivity contribution in [2.24, 2.45) is 0 Å². The average Bonchev–Trinajstić information content (AvgIpc) is 2.50. The van der Waals surface area contributed by atoms with E-state index in [0.717, 1.165) is 32.6 Å². The monoisotopic (exact) mass is 288 g/mol. The Hall–Kier alpha value is -1.51. The normalized spacial score (nSPS) is 14.7. The van der Waals surface area contributed by atoms with E-state index in [-0.39, 0.29) is 12.4 Å². The molecule has 1 aliphatic heterocycles. The smallest absolute Gasteiger partial charge is 0.0367 e. The highest BCUT2D eigenvalue weighted by atomic mass is 35.5. The molecule has 0 radical (unpaired) electrons. The van der Waals surface area contributed by atoms with Crippen LogP contribution >= 0.6 is 12.4 Å². The Kier molecular flexibility index (Phi) is 5.45. The number of hydrogen-bond donors (Lipinski definition) is 1. The highest BCUT2D eigenvalue weighted by Crippen LogP contribution is 2.17. The van der Waals surface area contributed by atoms with Gasteiger partial charge >= 0.3 is 0 Å².